The number of nitrogens with zero attached hydrogens (tertiary/aromatic N) is 2. The van der Waals surface area contributed by atoms with Crippen LogP contribution in [-0.2, 0) is 0 Å². The lowest BCUT2D eigenvalue weighted by Crippen LogP contribution is -2.21. The number of aromatic amines is 1. The van der Waals surface area contributed by atoms with E-state index in [9.17, 15) is 0 Å². The second-order valence-corrected chi connectivity index (χ2v) is 5.81. The summed E-state index contributed by atoms with van der Waals surface area (Å²) in [6.07, 6.45) is 0. The van der Waals surface area contributed by atoms with Gasteiger partial charge in [0.05, 0.1) is 0 Å². The number of nitrogens with two attached hydrogens (primary N) is 1. The van der Waals surface area contributed by atoms with Crippen molar-refractivity contribution in [1.82, 2.24) is 15.2 Å². The van der Waals surface area contributed by atoms with Crippen molar-refractivity contribution in [2.24, 2.45) is 5.73 Å². The van der Waals surface area contributed by atoms with Gasteiger partial charge in [0.1, 0.15) is 5.82 Å². The van der Waals surface area contributed by atoms with Gasteiger partial charge in [-0.05, 0) is 19.4 Å². The van der Waals surface area contributed by atoms with Gasteiger partial charge in [0, 0.05) is 11.3 Å². The fourth-order valence-corrected chi connectivity index (χ4v) is 2.60. The molecular weight excluding hydrogens is 244 g/mol. The molecule has 0 spiro atoms. The predicted octanol–water partition coefficient (Wildman–Crippen LogP) is 2.60. The lowest BCUT2D eigenvalue weighted by atomic mass is 10.0. The third-order valence-corrected chi connectivity index (χ3v) is 3.89. The minimum absolute atomic E-state index is 0.0191. The average Bonchev–Trinajstić information content (AvgIpc) is 2.75. The van der Waals surface area contributed by atoms with E-state index in [-0.39, 0.29) is 11.3 Å². The highest BCUT2D eigenvalue weighted by Gasteiger charge is 2.17. The standard InChI is InChI=1S/C13H18N4S/c1-8-4-6-11(7-5-8)12(14)9(2)18-13-15-10(3)16-17-13/h4-7,9,12H,14H2,1-3H3,(H,15,16,17). The Bertz CT molecular complexity index is 506. The molecule has 1 aromatic heterocycles. The van der Waals surface area contributed by atoms with Gasteiger partial charge in [-0.2, -0.15) is 0 Å². The second-order valence-electron chi connectivity index (χ2n) is 4.46. The molecule has 2 unspecified atom stereocenters. The molecule has 0 amide bonds. The van der Waals surface area contributed by atoms with Crippen LogP contribution in [0.4, 0.5) is 0 Å². The van der Waals surface area contributed by atoms with Crippen molar-refractivity contribution < 1.29 is 0 Å². The number of H-pyrrole nitrogens is 1. The SMILES string of the molecule is Cc1ccc(C(N)C(C)Sc2n[nH]c(C)n2)cc1. The maximum atomic E-state index is 6.26. The zero-order valence-corrected chi connectivity index (χ0v) is 11.7. The van der Waals surface area contributed by atoms with E-state index in [1.165, 1.54) is 5.56 Å². The quantitative estimate of drug-likeness (QED) is 0.831. The molecule has 0 fully saturated rings. The normalized spacial score (nSPS) is 14.4. The Hall–Kier alpha value is -1.33. The van der Waals surface area contributed by atoms with Gasteiger partial charge in [-0.15, -0.1) is 5.10 Å². The zero-order chi connectivity index (χ0) is 13.1. The highest BCUT2D eigenvalue weighted by Crippen LogP contribution is 2.28. The molecule has 18 heavy (non-hydrogen) atoms. The number of hydrogen-bond donors (Lipinski definition) is 2. The van der Waals surface area contributed by atoms with Crippen molar-refractivity contribution in [3.63, 3.8) is 0 Å². The summed E-state index contributed by atoms with van der Waals surface area (Å²) in [4.78, 5) is 4.28. The van der Waals surface area contributed by atoms with Crippen molar-refractivity contribution in [2.75, 3.05) is 0 Å². The number of benzene rings is 1. The highest BCUT2D eigenvalue weighted by atomic mass is 32.2. The number of thioether (sulfide) groups is 1. The van der Waals surface area contributed by atoms with Gasteiger partial charge >= 0.3 is 0 Å². The Morgan fingerprint density at radius 2 is 1.89 bits per heavy atom. The first-order chi connectivity index (χ1) is 8.56. The second kappa shape index (κ2) is 5.54. The smallest absolute Gasteiger partial charge is 0.208 e. The topological polar surface area (TPSA) is 67.6 Å². The molecule has 2 rings (SSSR count). The van der Waals surface area contributed by atoms with Crippen molar-refractivity contribution >= 4 is 11.8 Å². The van der Waals surface area contributed by atoms with Crippen LogP contribution in [0.1, 0.15) is 29.9 Å². The first kappa shape index (κ1) is 13.1. The number of aryl methyl sites for hydroxylation is 2. The van der Waals surface area contributed by atoms with Gasteiger partial charge in [-0.3, -0.25) is 5.10 Å². The van der Waals surface area contributed by atoms with E-state index in [0.717, 1.165) is 16.5 Å². The summed E-state index contributed by atoms with van der Waals surface area (Å²) >= 11 is 1.59. The van der Waals surface area contributed by atoms with Crippen LogP contribution in [-0.4, -0.2) is 20.4 Å². The van der Waals surface area contributed by atoms with Crippen LogP contribution in [0.2, 0.25) is 0 Å². The van der Waals surface area contributed by atoms with Crippen LogP contribution < -0.4 is 5.73 Å². The van der Waals surface area contributed by atoms with Gasteiger partial charge in [0.15, 0.2) is 0 Å². The van der Waals surface area contributed by atoms with E-state index in [0.29, 0.717) is 0 Å². The lowest BCUT2D eigenvalue weighted by molar-refractivity contribution is 0.712. The first-order valence-electron chi connectivity index (χ1n) is 5.94. The highest BCUT2D eigenvalue weighted by molar-refractivity contribution is 7.99. The average molecular weight is 262 g/mol. The fourth-order valence-electron chi connectivity index (χ4n) is 1.67. The van der Waals surface area contributed by atoms with Crippen LogP contribution in [0.15, 0.2) is 29.4 Å². The van der Waals surface area contributed by atoms with Crippen molar-refractivity contribution in [3.8, 4) is 0 Å². The molecule has 0 aliphatic heterocycles. The monoisotopic (exact) mass is 262 g/mol. The number of aromatic nitrogens is 3. The minimum Gasteiger partial charge on any atom is -0.323 e. The third-order valence-electron chi connectivity index (χ3n) is 2.84. The molecule has 2 atom stereocenters. The molecular formula is C13H18N4S. The van der Waals surface area contributed by atoms with Crippen LogP contribution in [0.25, 0.3) is 0 Å². The van der Waals surface area contributed by atoms with E-state index in [4.69, 9.17) is 5.73 Å². The fraction of sp³-hybridized carbons (Fsp3) is 0.385. The minimum atomic E-state index is -0.0191. The molecule has 96 valence electrons. The van der Waals surface area contributed by atoms with Gasteiger partial charge in [-0.25, -0.2) is 4.98 Å². The molecule has 1 heterocycles. The van der Waals surface area contributed by atoms with E-state index in [1.807, 2.05) is 6.92 Å². The maximum Gasteiger partial charge on any atom is 0.208 e. The van der Waals surface area contributed by atoms with Crippen LogP contribution in [0.5, 0.6) is 0 Å². The maximum absolute atomic E-state index is 6.26. The molecule has 2 aromatic rings. The Labute approximate surface area is 111 Å². The van der Waals surface area contributed by atoms with Gasteiger partial charge < -0.3 is 5.73 Å². The first-order valence-corrected chi connectivity index (χ1v) is 6.82. The van der Waals surface area contributed by atoms with Crippen LogP contribution in [0, 0.1) is 13.8 Å². The molecule has 1 aromatic carbocycles. The largest absolute Gasteiger partial charge is 0.323 e. The lowest BCUT2D eigenvalue weighted by Gasteiger charge is -2.18. The van der Waals surface area contributed by atoms with E-state index in [2.05, 4.69) is 53.3 Å². The molecule has 0 aliphatic carbocycles. The Morgan fingerprint density at radius 1 is 1.22 bits per heavy atom. The van der Waals surface area contributed by atoms with Crippen LogP contribution in [0.3, 0.4) is 0 Å². The van der Waals surface area contributed by atoms with Crippen molar-refractivity contribution in [1.29, 1.82) is 0 Å². The third kappa shape index (κ3) is 3.11. The van der Waals surface area contributed by atoms with Crippen LogP contribution >= 0.6 is 11.8 Å². The summed E-state index contributed by atoms with van der Waals surface area (Å²) in [5.74, 6) is 0.827. The Balaban J connectivity index is 2.04. The summed E-state index contributed by atoms with van der Waals surface area (Å²) in [6, 6.07) is 8.32. The molecule has 4 nitrogen and oxygen atoms in total. The van der Waals surface area contributed by atoms with Gasteiger partial charge in [0.2, 0.25) is 5.16 Å². The predicted molar refractivity (Wildman–Crippen MR) is 74.5 cm³/mol. The Morgan fingerprint density at radius 3 is 2.44 bits per heavy atom. The summed E-state index contributed by atoms with van der Waals surface area (Å²) in [6.45, 7) is 6.06. The summed E-state index contributed by atoms with van der Waals surface area (Å²) < 4.78 is 0. The summed E-state index contributed by atoms with van der Waals surface area (Å²) in [5, 5.41) is 7.93. The number of rotatable bonds is 4. The van der Waals surface area contributed by atoms with E-state index in [1.54, 1.807) is 11.8 Å². The van der Waals surface area contributed by atoms with Gasteiger partial charge in [-0.1, -0.05) is 48.5 Å². The number of nitrogens with one attached hydrogen (secondary N) is 1. The molecule has 0 aliphatic rings. The van der Waals surface area contributed by atoms with E-state index < -0.39 is 0 Å². The number of hydrogen-bond acceptors (Lipinski definition) is 4. The van der Waals surface area contributed by atoms with Crippen molar-refractivity contribution in [2.45, 2.75) is 37.2 Å². The van der Waals surface area contributed by atoms with Gasteiger partial charge in [0.25, 0.3) is 0 Å². The molecule has 0 saturated carbocycles. The summed E-state index contributed by atoms with van der Waals surface area (Å²) in [5.41, 5.74) is 8.65. The molecule has 5 heteroatoms. The zero-order valence-electron chi connectivity index (χ0n) is 10.8. The molecule has 0 radical (unpaired) electrons. The molecule has 0 saturated heterocycles. The van der Waals surface area contributed by atoms with E-state index >= 15 is 0 Å². The Kier molecular flexibility index (Phi) is 4.04. The summed E-state index contributed by atoms with van der Waals surface area (Å²) in [7, 11) is 0. The van der Waals surface area contributed by atoms with Crippen molar-refractivity contribution in [3.05, 3.63) is 41.2 Å². The molecule has 3 N–H and O–H groups in total. The molecule has 0 bridgehead atoms.